The van der Waals surface area contributed by atoms with Gasteiger partial charge in [0.25, 0.3) is 0 Å². The number of rotatable bonds is 6. The second-order valence-corrected chi connectivity index (χ2v) is 5.37. The Balaban J connectivity index is 2.74. The van der Waals surface area contributed by atoms with E-state index in [1.165, 1.54) is 6.07 Å². The molecule has 0 fully saturated rings. The van der Waals surface area contributed by atoms with Crippen molar-refractivity contribution in [3.8, 4) is 5.75 Å². The first-order valence-corrected chi connectivity index (χ1v) is 6.36. The summed E-state index contributed by atoms with van der Waals surface area (Å²) in [5, 5.41) is 3.15. The Hall–Kier alpha value is -1.30. The Kier molecular flexibility index (Phi) is 5.39. The van der Waals surface area contributed by atoms with Crippen LogP contribution in [0.15, 0.2) is 18.2 Å². The first-order chi connectivity index (χ1) is 9.15. The van der Waals surface area contributed by atoms with Crippen LogP contribution in [0.1, 0.15) is 26.3 Å². The SMILES string of the molecule is CCNCC(C)(C)COc1ccc(F)c(C(F)(F)F)c1. The first kappa shape index (κ1) is 16.8. The molecule has 114 valence electrons. The molecule has 6 heteroatoms. The van der Waals surface area contributed by atoms with Crippen molar-refractivity contribution in [2.75, 3.05) is 19.7 Å². The molecule has 0 saturated heterocycles. The summed E-state index contributed by atoms with van der Waals surface area (Å²) in [5.41, 5.74) is -1.54. The lowest BCUT2D eigenvalue weighted by atomic mass is 9.95. The van der Waals surface area contributed by atoms with Crippen LogP contribution in [0, 0.1) is 11.2 Å². The molecule has 0 aromatic heterocycles. The predicted octanol–water partition coefficient (Wildman–Crippen LogP) is 3.86. The molecule has 0 unspecified atom stereocenters. The molecule has 1 N–H and O–H groups in total. The minimum absolute atomic E-state index is 0.0169. The van der Waals surface area contributed by atoms with Gasteiger partial charge in [-0.25, -0.2) is 4.39 Å². The lowest BCUT2D eigenvalue weighted by Gasteiger charge is -2.25. The van der Waals surface area contributed by atoms with Crippen LogP contribution in [0.3, 0.4) is 0 Å². The Labute approximate surface area is 116 Å². The van der Waals surface area contributed by atoms with Gasteiger partial charge in [-0.15, -0.1) is 0 Å². The van der Waals surface area contributed by atoms with Gasteiger partial charge in [0.15, 0.2) is 0 Å². The van der Waals surface area contributed by atoms with Crippen LogP contribution in [0.4, 0.5) is 17.6 Å². The van der Waals surface area contributed by atoms with E-state index in [9.17, 15) is 17.6 Å². The van der Waals surface area contributed by atoms with Crippen LogP contribution in [0.2, 0.25) is 0 Å². The third kappa shape index (κ3) is 5.00. The Morgan fingerprint density at radius 3 is 2.40 bits per heavy atom. The predicted molar refractivity (Wildman–Crippen MR) is 69.2 cm³/mol. The van der Waals surface area contributed by atoms with E-state index < -0.39 is 17.6 Å². The summed E-state index contributed by atoms with van der Waals surface area (Å²) in [6, 6.07) is 2.67. The fourth-order valence-corrected chi connectivity index (χ4v) is 1.60. The van der Waals surface area contributed by atoms with Crippen molar-refractivity contribution in [1.29, 1.82) is 0 Å². The van der Waals surface area contributed by atoms with Crippen molar-refractivity contribution in [3.05, 3.63) is 29.6 Å². The molecule has 1 aromatic carbocycles. The van der Waals surface area contributed by atoms with Gasteiger partial charge in [0.1, 0.15) is 11.6 Å². The molecule has 0 bridgehead atoms. The quantitative estimate of drug-likeness (QED) is 0.804. The number of alkyl halides is 3. The molecule has 0 atom stereocenters. The molecular weight excluding hydrogens is 274 g/mol. The minimum atomic E-state index is -4.72. The molecule has 20 heavy (non-hydrogen) atoms. The van der Waals surface area contributed by atoms with Gasteiger partial charge in [0.2, 0.25) is 0 Å². The molecular formula is C14H19F4NO. The summed E-state index contributed by atoms with van der Waals surface area (Å²) in [5.74, 6) is -1.28. The molecule has 0 heterocycles. The van der Waals surface area contributed by atoms with Gasteiger partial charge >= 0.3 is 6.18 Å². The van der Waals surface area contributed by atoms with Crippen molar-refractivity contribution in [2.24, 2.45) is 5.41 Å². The molecule has 0 aliphatic heterocycles. The number of hydrogen-bond acceptors (Lipinski definition) is 2. The van der Waals surface area contributed by atoms with Crippen molar-refractivity contribution < 1.29 is 22.3 Å². The first-order valence-electron chi connectivity index (χ1n) is 6.36. The van der Waals surface area contributed by atoms with E-state index >= 15 is 0 Å². The van der Waals surface area contributed by atoms with Crippen molar-refractivity contribution >= 4 is 0 Å². The monoisotopic (exact) mass is 293 g/mol. The third-order valence-electron chi connectivity index (χ3n) is 2.73. The molecule has 0 spiro atoms. The highest BCUT2D eigenvalue weighted by Gasteiger charge is 2.34. The standard InChI is InChI=1S/C14H19F4NO/c1-4-19-8-13(2,3)9-20-10-5-6-12(15)11(7-10)14(16,17)18/h5-7,19H,4,8-9H2,1-3H3. The summed E-state index contributed by atoms with van der Waals surface area (Å²) in [4.78, 5) is 0. The highest BCUT2D eigenvalue weighted by molar-refractivity contribution is 5.31. The largest absolute Gasteiger partial charge is 0.493 e. The number of hydrogen-bond donors (Lipinski definition) is 1. The van der Waals surface area contributed by atoms with Gasteiger partial charge in [-0.05, 0) is 24.7 Å². The molecule has 0 amide bonds. The van der Waals surface area contributed by atoms with E-state index in [0.717, 1.165) is 12.6 Å². The van der Waals surface area contributed by atoms with E-state index in [-0.39, 0.29) is 17.8 Å². The lowest BCUT2D eigenvalue weighted by Crippen LogP contribution is -2.34. The Bertz CT molecular complexity index is 443. The number of ether oxygens (including phenoxy) is 1. The van der Waals surface area contributed by atoms with Crippen LogP contribution in [-0.2, 0) is 6.18 Å². The smallest absolute Gasteiger partial charge is 0.419 e. The zero-order valence-corrected chi connectivity index (χ0v) is 11.8. The number of halogens is 4. The fraction of sp³-hybridized carbons (Fsp3) is 0.571. The summed E-state index contributed by atoms with van der Waals surface area (Å²) in [6.45, 7) is 7.55. The molecule has 0 radical (unpaired) electrons. The zero-order valence-electron chi connectivity index (χ0n) is 11.8. The van der Waals surface area contributed by atoms with E-state index in [2.05, 4.69) is 5.32 Å². The highest BCUT2D eigenvalue weighted by atomic mass is 19.4. The third-order valence-corrected chi connectivity index (χ3v) is 2.73. The van der Waals surface area contributed by atoms with Crippen molar-refractivity contribution in [1.82, 2.24) is 5.32 Å². The van der Waals surface area contributed by atoms with E-state index in [4.69, 9.17) is 4.74 Å². The maximum atomic E-state index is 13.1. The summed E-state index contributed by atoms with van der Waals surface area (Å²) >= 11 is 0. The molecule has 1 rings (SSSR count). The molecule has 2 nitrogen and oxygen atoms in total. The summed E-state index contributed by atoms with van der Waals surface area (Å²) < 4.78 is 56.2. The zero-order chi connectivity index (χ0) is 15.4. The normalized spacial score (nSPS) is 12.6. The second-order valence-electron chi connectivity index (χ2n) is 5.37. The van der Waals surface area contributed by atoms with E-state index in [0.29, 0.717) is 12.6 Å². The van der Waals surface area contributed by atoms with Crippen molar-refractivity contribution in [3.63, 3.8) is 0 Å². The molecule has 1 aromatic rings. The van der Waals surface area contributed by atoms with Gasteiger partial charge < -0.3 is 10.1 Å². The van der Waals surface area contributed by atoms with Gasteiger partial charge in [-0.2, -0.15) is 13.2 Å². The lowest BCUT2D eigenvalue weighted by molar-refractivity contribution is -0.140. The van der Waals surface area contributed by atoms with Crippen LogP contribution in [0.5, 0.6) is 5.75 Å². The van der Waals surface area contributed by atoms with Crippen LogP contribution in [0.25, 0.3) is 0 Å². The van der Waals surface area contributed by atoms with Gasteiger partial charge in [-0.1, -0.05) is 20.8 Å². The molecule has 0 saturated carbocycles. The average Bonchev–Trinajstić information content (AvgIpc) is 2.34. The summed E-state index contributed by atoms with van der Waals surface area (Å²) in [6.07, 6.45) is -4.72. The Morgan fingerprint density at radius 1 is 1.20 bits per heavy atom. The van der Waals surface area contributed by atoms with E-state index in [1.807, 2.05) is 20.8 Å². The maximum absolute atomic E-state index is 13.1. The topological polar surface area (TPSA) is 21.3 Å². The fourth-order valence-electron chi connectivity index (χ4n) is 1.60. The highest BCUT2D eigenvalue weighted by Crippen LogP contribution is 2.33. The van der Waals surface area contributed by atoms with Crippen LogP contribution < -0.4 is 10.1 Å². The van der Waals surface area contributed by atoms with Gasteiger partial charge in [0, 0.05) is 12.0 Å². The number of benzene rings is 1. The van der Waals surface area contributed by atoms with Gasteiger partial charge in [-0.3, -0.25) is 0 Å². The Morgan fingerprint density at radius 2 is 1.85 bits per heavy atom. The van der Waals surface area contributed by atoms with Crippen molar-refractivity contribution in [2.45, 2.75) is 26.9 Å². The maximum Gasteiger partial charge on any atom is 0.419 e. The van der Waals surface area contributed by atoms with E-state index in [1.54, 1.807) is 0 Å². The van der Waals surface area contributed by atoms with Crippen LogP contribution in [-0.4, -0.2) is 19.7 Å². The molecule has 0 aliphatic rings. The molecule has 0 aliphatic carbocycles. The van der Waals surface area contributed by atoms with Gasteiger partial charge in [0.05, 0.1) is 12.2 Å². The summed E-state index contributed by atoms with van der Waals surface area (Å²) in [7, 11) is 0. The second kappa shape index (κ2) is 6.43. The minimum Gasteiger partial charge on any atom is -0.493 e. The van der Waals surface area contributed by atoms with Crippen LogP contribution >= 0.6 is 0 Å². The average molecular weight is 293 g/mol. The number of nitrogens with one attached hydrogen (secondary N) is 1.